The molecule has 1 aromatic carbocycles. The van der Waals surface area contributed by atoms with E-state index in [1.807, 2.05) is 38.1 Å². The molecule has 2 nitrogen and oxygen atoms in total. The van der Waals surface area contributed by atoms with Gasteiger partial charge in [-0.2, -0.15) is 0 Å². The second-order valence-corrected chi connectivity index (χ2v) is 5.72. The molecule has 0 radical (unpaired) electrons. The Kier molecular flexibility index (Phi) is 5.34. The molecule has 0 unspecified atom stereocenters. The smallest absolute Gasteiger partial charge is 0.319 e. The first-order valence-electron chi connectivity index (χ1n) is 5.66. The highest BCUT2D eigenvalue weighted by molar-refractivity contribution is 8.00. The van der Waals surface area contributed by atoms with Gasteiger partial charge in [-0.3, -0.25) is 4.79 Å². The van der Waals surface area contributed by atoms with Gasteiger partial charge in [0.25, 0.3) is 0 Å². The number of carbonyl (C=O) groups is 1. The summed E-state index contributed by atoms with van der Waals surface area (Å²) in [6, 6.07) is 7.54. The molecule has 1 aromatic rings. The molecule has 0 saturated carbocycles. The summed E-state index contributed by atoms with van der Waals surface area (Å²) in [6.07, 6.45) is 1.27. The molecular weight excluding hydrogens is 256 g/mol. The molecule has 17 heavy (non-hydrogen) atoms. The number of benzene rings is 1. The molecule has 0 atom stereocenters. The summed E-state index contributed by atoms with van der Waals surface area (Å²) in [7, 11) is 0. The van der Waals surface area contributed by atoms with Gasteiger partial charge < -0.3 is 5.11 Å². The van der Waals surface area contributed by atoms with Crippen LogP contribution in [0, 0.1) is 0 Å². The van der Waals surface area contributed by atoms with Crippen LogP contribution in [0.4, 0.5) is 0 Å². The second kappa shape index (κ2) is 6.31. The van der Waals surface area contributed by atoms with Crippen molar-refractivity contribution in [1.29, 1.82) is 0 Å². The van der Waals surface area contributed by atoms with E-state index in [9.17, 15) is 9.90 Å². The van der Waals surface area contributed by atoms with Gasteiger partial charge in [-0.15, -0.1) is 11.8 Å². The van der Waals surface area contributed by atoms with Gasteiger partial charge in [0.15, 0.2) is 0 Å². The van der Waals surface area contributed by atoms with Crippen LogP contribution >= 0.6 is 23.4 Å². The lowest BCUT2D eigenvalue weighted by Crippen LogP contribution is -2.33. The number of carboxylic acids is 1. The number of hydrogen-bond acceptors (Lipinski definition) is 2. The summed E-state index contributed by atoms with van der Waals surface area (Å²) in [4.78, 5) is 11.3. The summed E-state index contributed by atoms with van der Waals surface area (Å²) >= 11 is 7.30. The van der Waals surface area contributed by atoms with Crippen LogP contribution < -0.4 is 0 Å². The van der Waals surface area contributed by atoms with Crippen molar-refractivity contribution in [3.8, 4) is 0 Å². The zero-order valence-electron chi connectivity index (χ0n) is 10.1. The second-order valence-electron chi connectivity index (χ2n) is 3.92. The molecule has 0 saturated heterocycles. The third-order valence-electron chi connectivity index (χ3n) is 2.96. The highest BCUT2D eigenvalue weighted by atomic mass is 35.5. The van der Waals surface area contributed by atoms with Gasteiger partial charge >= 0.3 is 5.97 Å². The lowest BCUT2D eigenvalue weighted by molar-refractivity contribution is -0.140. The van der Waals surface area contributed by atoms with E-state index in [4.69, 9.17) is 11.6 Å². The van der Waals surface area contributed by atoms with Gasteiger partial charge in [0.1, 0.15) is 4.75 Å². The monoisotopic (exact) mass is 272 g/mol. The Balaban J connectivity index is 2.70. The molecule has 94 valence electrons. The Morgan fingerprint density at radius 2 is 1.82 bits per heavy atom. The highest BCUT2D eigenvalue weighted by Crippen LogP contribution is 2.35. The number of aliphatic carboxylic acids is 1. The number of carboxylic acid groups (broad SMARTS) is 1. The van der Waals surface area contributed by atoms with Crippen LogP contribution in [0.1, 0.15) is 32.3 Å². The van der Waals surface area contributed by atoms with Gasteiger partial charge in [-0.1, -0.05) is 37.6 Å². The quantitative estimate of drug-likeness (QED) is 0.843. The standard InChI is InChI=1S/C13H17ClO2S/c1-3-13(4-2,12(15)16)17-9-10-5-7-11(14)8-6-10/h5-8H,3-4,9H2,1-2H3,(H,15,16). The Morgan fingerprint density at radius 1 is 1.29 bits per heavy atom. The van der Waals surface area contributed by atoms with E-state index in [2.05, 4.69) is 0 Å². The van der Waals surface area contributed by atoms with E-state index in [1.54, 1.807) is 0 Å². The van der Waals surface area contributed by atoms with Gasteiger partial charge in [-0.25, -0.2) is 0 Å². The average Bonchev–Trinajstić information content (AvgIpc) is 2.33. The van der Waals surface area contributed by atoms with Gasteiger partial charge in [0, 0.05) is 10.8 Å². The molecule has 0 aromatic heterocycles. The SMILES string of the molecule is CCC(CC)(SCc1ccc(Cl)cc1)C(=O)O. The van der Waals surface area contributed by atoms with E-state index in [0.29, 0.717) is 23.6 Å². The van der Waals surface area contributed by atoms with Crippen molar-refractivity contribution in [2.75, 3.05) is 0 Å². The van der Waals surface area contributed by atoms with E-state index < -0.39 is 10.7 Å². The van der Waals surface area contributed by atoms with Crippen molar-refractivity contribution in [1.82, 2.24) is 0 Å². The van der Waals surface area contributed by atoms with E-state index in [0.717, 1.165) is 5.56 Å². The normalized spacial score (nSPS) is 11.5. The molecule has 0 amide bonds. The maximum absolute atomic E-state index is 11.3. The average molecular weight is 273 g/mol. The zero-order chi connectivity index (χ0) is 12.9. The van der Waals surface area contributed by atoms with Crippen molar-refractivity contribution >= 4 is 29.3 Å². The Hall–Kier alpha value is -0.670. The summed E-state index contributed by atoms with van der Waals surface area (Å²) in [5.41, 5.74) is 1.10. The molecule has 1 rings (SSSR count). The maximum atomic E-state index is 11.3. The molecule has 0 bridgehead atoms. The van der Waals surface area contributed by atoms with Crippen molar-refractivity contribution in [2.45, 2.75) is 37.2 Å². The van der Waals surface area contributed by atoms with Crippen molar-refractivity contribution in [3.63, 3.8) is 0 Å². The summed E-state index contributed by atoms with van der Waals surface area (Å²) in [5.74, 6) is -0.0213. The largest absolute Gasteiger partial charge is 0.480 e. The molecule has 4 heteroatoms. The molecule has 0 fully saturated rings. The van der Waals surface area contributed by atoms with Crippen molar-refractivity contribution < 1.29 is 9.90 Å². The number of hydrogen-bond donors (Lipinski definition) is 1. The molecule has 0 aliphatic heterocycles. The molecule has 0 aliphatic rings. The fourth-order valence-corrected chi connectivity index (χ4v) is 2.91. The van der Waals surface area contributed by atoms with Crippen LogP contribution in [0.25, 0.3) is 0 Å². The first-order chi connectivity index (χ1) is 8.04. The van der Waals surface area contributed by atoms with E-state index >= 15 is 0 Å². The van der Waals surface area contributed by atoms with Crippen LogP contribution in [-0.2, 0) is 10.5 Å². The summed E-state index contributed by atoms with van der Waals surface area (Å²) < 4.78 is -0.667. The number of rotatable bonds is 6. The van der Waals surface area contributed by atoms with Crippen LogP contribution in [-0.4, -0.2) is 15.8 Å². The third-order valence-corrected chi connectivity index (χ3v) is 4.99. The first-order valence-corrected chi connectivity index (χ1v) is 7.02. The number of halogens is 1. The van der Waals surface area contributed by atoms with Crippen molar-refractivity contribution in [3.05, 3.63) is 34.9 Å². The Labute approximate surface area is 111 Å². The number of thioether (sulfide) groups is 1. The molecule has 0 aliphatic carbocycles. The van der Waals surface area contributed by atoms with Crippen LogP contribution in [0.5, 0.6) is 0 Å². The third kappa shape index (κ3) is 3.65. The minimum atomic E-state index is -0.721. The van der Waals surface area contributed by atoms with Crippen LogP contribution in [0.15, 0.2) is 24.3 Å². The van der Waals surface area contributed by atoms with Gasteiger partial charge in [0.2, 0.25) is 0 Å². The first kappa shape index (κ1) is 14.4. The molecule has 0 spiro atoms. The predicted molar refractivity (Wildman–Crippen MR) is 73.7 cm³/mol. The van der Waals surface area contributed by atoms with Crippen molar-refractivity contribution in [2.24, 2.45) is 0 Å². The lowest BCUT2D eigenvalue weighted by Gasteiger charge is -2.25. The summed E-state index contributed by atoms with van der Waals surface area (Å²) in [5, 5.41) is 10.0. The highest BCUT2D eigenvalue weighted by Gasteiger charge is 2.35. The Bertz CT molecular complexity index is 372. The molecular formula is C13H17ClO2S. The summed E-state index contributed by atoms with van der Waals surface area (Å²) in [6.45, 7) is 3.85. The topological polar surface area (TPSA) is 37.3 Å². The molecule has 1 N–H and O–H groups in total. The maximum Gasteiger partial charge on any atom is 0.319 e. The van der Waals surface area contributed by atoms with Crippen LogP contribution in [0.3, 0.4) is 0 Å². The zero-order valence-corrected chi connectivity index (χ0v) is 11.6. The molecule has 0 heterocycles. The van der Waals surface area contributed by atoms with Gasteiger partial charge in [-0.05, 0) is 30.5 Å². The minimum Gasteiger partial charge on any atom is -0.480 e. The fraction of sp³-hybridized carbons (Fsp3) is 0.462. The lowest BCUT2D eigenvalue weighted by atomic mass is 10.0. The van der Waals surface area contributed by atoms with Crippen LogP contribution in [0.2, 0.25) is 5.02 Å². The Morgan fingerprint density at radius 3 is 2.24 bits per heavy atom. The van der Waals surface area contributed by atoms with E-state index in [-0.39, 0.29) is 0 Å². The van der Waals surface area contributed by atoms with E-state index in [1.165, 1.54) is 11.8 Å². The fourth-order valence-electron chi connectivity index (χ4n) is 1.62. The minimum absolute atomic E-state index is 0.636. The predicted octanol–water partition coefficient (Wildman–Crippen LogP) is 4.22. The van der Waals surface area contributed by atoms with Gasteiger partial charge in [0.05, 0.1) is 0 Å².